The molecule has 1 saturated carbocycles. The summed E-state index contributed by atoms with van der Waals surface area (Å²) in [5, 5.41) is 0. The molecule has 0 amide bonds. The second-order valence-corrected chi connectivity index (χ2v) is 9.02. The average Bonchev–Trinajstić information content (AvgIpc) is 2.60. The van der Waals surface area contributed by atoms with E-state index in [0.717, 1.165) is 25.7 Å². The van der Waals surface area contributed by atoms with Crippen LogP contribution in [0, 0.1) is 22.7 Å². The normalized spacial score (nSPS) is 36.4. The minimum Gasteiger partial charge on any atom is -0.422 e. The SMILES string of the molecule is CC(=O)OC1=C(C[C@@]2(C)C3CCC=C(C)[C@@]3(C)CC[C@@H]2C)C(=O)C=CC1=O. The number of ketones is 2. The lowest BCUT2D eigenvalue weighted by atomic mass is 9.46. The van der Waals surface area contributed by atoms with Crippen LogP contribution < -0.4 is 0 Å². The summed E-state index contributed by atoms with van der Waals surface area (Å²) >= 11 is 0. The molecule has 0 saturated heterocycles. The van der Waals surface area contributed by atoms with Gasteiger partial charge in [-0.1, -0.05) is 32.4 Å². The Bertz CT molecular complexity index is 784. The van der Waals surface area contributed by atoms with Crippen LogP contribution in [0.2, 0.25) is 0 Å². The summed E-state index contributed by atoms with van der Waals surface area (Å²) in [5.41, 5.74) is 1.80. The molecule has 3 rings (SSSR count). The standard InChI is InChI=1S/C23H30O4/c1-14-7-6-8-20-22(14,4)12-11-15(2)23(20,5)13-17-18(25)9-10-19(26)21(17)27-16(3)24/h7,9-10,15,20H,6,8,11-13H2,1-5H3/t15-,20?,22+,23+/m0/s1. The first kappa shape index (κ1) is 19.8. The molecule has 1 unspecified atom stereocenters. The van der Waals surface area contributed by atoms with Gasteiger partial charge in [-0.2, -0.15) is 0 Å². The van der Waals surface area contributed by atoms with Crippen LogP contribution in [0.1, 0.15) is 66.7 Å². The third-order valence-corrected chi connectivity index (χ3v) is 7.58. The third kappa shape index (κ3) is 3.24. The van der Waals surface area contributed by atoms with Crippen molar-refractivity contribution in [2.45, 2.75) is 66.7 Å². The van der Waals surface area contributed by atoms with Crippen LogP contribution in [-0.4, -0.2) is 17.5 Å². The number of fused-ring (bicyclic) bond motifs is 1. The van der Waals surface area contributed by atoms with Crippen LogP contribution in [-0.2, 0) is 19.1 Å². The van der Waals surface area contributed by atoms with Crippen molar-refractivity contribution in [3.8, 4) is 0 Å². The van der Waals surface area contributed by atoms with E-state index in [1.54, 1.807) is 0 Å². The summed E-state index contributed by atoms with van der Waals surface area (Å²) in [6.07, 6.45) is 9.72. The van der Waals surface area contributed by atoms with Crippen LogP contribution in [0.5, 0.6) is 0 Å². The van der Waals surface area contributed by atoms with E-state index in [-0.39, 0.29) is 22.4 Å². The fourth-order valence-corrected chi connectivity index (χ4v) is 5.60. The van der Waals surface area contributed by atoms with Crippen molar-refractivity contribution < 1.29 is 19.1 Å². The summed E-state index contributed by atoms with van der Waals surface area (Å²) in [5.74, 6) is -0.398. The zero-order valence-corrected chi connectivity index (χ0v) is 17.1. The van der Waals surface area contributed by atoms with E-state index in [2.05, 4.69) is 33.8 Å². The minimum atomic E-state index is -0.568. The Morgan fingerprint density at radius 2 is 1.85 bits per heavy atom. The van der Waals surface area contributed by atoms with Crippen LogP contribution in [0.15, 0.2) is 35.1 Å². The highest BCUT2D eigenvalue weighted by atomic mass is 16.5. The summed E-state index contributed by atoms with van der Waals surface area (Å²) in [4.78, 5) is 36.5. The topological polar surface area (TPSA) is 60.4 Å². The van der Waals surface area contributed by atoms with Gasteiger partial charge in [-0.05, 0) is 73.8 Å². The molecule has 0 radical (unpaired) electrons. The molecular weight excluding hydrogens is 340 g/mol. The summed E-state index contributed by atoms with van der Waals surface area (Å²) in [6.45, 7) is 10.3. The molecule has 0 aromatic rings. The predicted molar refractivity (Wildman–Crippen MR) is 104 cm³/mol. The van der Waals surface area contributed by atoms with Gasteiger partial charge >= 0.3 is 5.97 Å². The fraction of sp³-hybridized carbons (Fsp3) is 0.609. The molecule has 4 nitrogen and oxygen atoms in total. The molecule has 0 bridgehead atoms. The van der Waals surface area contributed by atoms with E-state index in [1.807, 2.05) is 0 Å². The molecular formula is C23H30O4. The van der Waals surface area contributed by atoms with Gasteiger partial charge in [0.2, 0.25) is 5.78 Å². The molecule has 0 N–H and O–H groups in total. The van der Waals surface area contributed by atoms with Gasteiger partial charge in [0.15, 0.2) is 11.5 Å². The van der Waals surface area contributed by atoms with Crippen molar-refractivity contribution in [3.05, 3.63) is 35.1 Å². The zero-order valence-electron chi connectivity index (χ0n) is 17.1. The van der Waals surface area contributed by atoms with Crippen molar-refractivity contribution >= 4 is 17.5 Å². The summed E-state index contributed by atoms with van der Waals surface area (Å²) in [7, 11) is 0. The second-order valence-electron chi connectivity index (χ2n) is 9.02. The average molecular weight is 370 g/mol. The highest BCUT2D eigenvalue weighted by Crippen LogP contribution is 2.62. The van der Waals surface area contributed by atoms with Crippen molar-refractivity contribution in [2.75, 3.05) is 0 Å². The van der Waals surface area contributed by atoms with Gasteiger partial charge in [-0.3, -0.25) is 14.4 Å². The number of allylic oxidation sites excluding steroid dienone is 5. The van der Waals surface area contributed by atoms with Crippen molar-refractivity contribution in [1.82, 2.24) is 0 Å². The highest BCUT2D eigenvalue weighted by Gasteiger charge is 2.54. The highest BCUT2D eigenvalue weighted by molar-refractivity contribution is 6.19. The van der Waals surface area contributed by atoms with E-state index >= 15 is 0 Å². The maximum absolute atomic E-state index is 12.7. The van der Waals surface area contributed by atoms with Gasteiger partial charge in [0.1, 0.15) is 0 Å². The lowest BCUT2D eigenvalue weighted by Crippen LogP contribution is -2.50. The van der Waals surface area contributed by atoms with Crippen LogP contribution in [0.4, 0.5) is 0 Å². The smallest absolute Gasteiger partial charge is 0.308 e. The Balaban J connectivity index is 2.05. The van der Waals surface area contributed by atoms with E-state index in [0.29, 0.717) is 23.8 Å². The largest absolute Gasteiger partial charge is 0.422 e. The number of ether oxygens (including phenoxy) is 1. The van der Waals surface area contributed by atoms with Gasteiger partial charge in [0.25, 0.3) is 0 Å². The van der Waals surface area contributed by atoms with Gasteiger partial charge in [0.05, 0.1) is 0 Å². The maximum Gasteiger partial charge on any atom is 0.308 e. The summed E-state index contributed by atoms with van der Waals surface area (Å²) < 4.78 is 5.20. The molecule has 0 aromatic carbocycles. The molecule has 4 heteroatoms. The van der Waals surface area contributed by atoms with Gasteiger partial charge in [0, 0.05) is 12.5 Å². The first-order chi connectivity index (χ1) is 12.6. The second kappa shape index (κ2) is 6.88. The molecule has 3 aliphatic rings. The molecule has 0 aliphatic heterocycles. The third-order valence-electron chi connectivity index (χ3n) is 7.58. The molecule has 27 heavy (non-hydrogen) atoms. The molecule has 3 aliphatic carbocycles. The minimum absolute atomic E-state index is 0.0706. The molecule has 146 valence electrons. The van der Waals surface area contributed by atoms with Crippen molar-refractivity contribution in [3.63, 3.8) is 0 Å². The van der Waals surface area contributed by atoms with E-state index in [1.165, 1.54) is 24.6 Å². The fourth-order valence-electron chi connectivity index (χ4n) is 5.60. The molecule has 4 atom stereocenters. The molecule has 0 spiro atoms. The quantitative estimate of drug-likeness (QED) is 0.410. The lowest BCUT2D eigenvalue weighted by Gasteiger charge is -2.58. The molecule has 0 heterocycles. The van der Waals surface area contributed by atoms with Gasteiger partial charge < -0.3 is 4.74 Å². The Morgan fingerprint density at radius 1 is 1.19 bits per heavy atom. The molecule has 0 aromatic heterocycles. The molecule has 1 fully saturated rings. The number of hydrogen-bond donors (Lipinski definition) is 0. The van der Waals surface area contributed by atoms with Crippen LogP contribution in [0.3, 0.4) is 0 Å². The van der Waals surface area contributed by atoms with E-state index in [9.17, 15) is 14.4 Å². The van der Waals surface area contributed by atoms with Crippen LogP contribution in [0.25, 0.3) is 0 Å². The van der Waals surface area contributed by atoms with Crippen molar-refractivity contribution in [1.29, 1.82) is 0 Å². The van der Waals surface area contributed by atoms with E-state index < -0.39 is 11.8 Å². The summed E-state index contributed by atoms with van der Waals surface area (Å²) in [6, 6.07) is 0. The number of rotatable bonds is 3. The monoisotopic (exact) mass is 370 g/mol. The Hall–Kier alpha value is -1.97. The Kier molecular flexibility index (Phi) is 5.04. The van der Waals surface area contributed by atoms with Gasteiger partial charge in [-0.25, -0.2) is 0 Å². The van der Waals surface area contributed by atoms with E-state index in [4.69, 9.17) is 4.74 Å². The Morgan fingerprint density at radius 3 is 2.52 bits per heavy atom. The number of hydrogen-bond acceptors (Lipinski definition) is 4. The van der Waals surface area contributed by atoms with Gasteiger partial charge in [-0.15, -0.1) is 0 Å². The maximum atomic E-state index is 12.7. The zero-order chi connectivity index (χ0) is 20.0. The number of carbonyl (C=O) groups is 3. The number of esters is 1. The first-order valence-corrected chi connectivity index (χ1v) is 9.95. The lowest BCUT2D eigenvalue weighted by molar-refractivity contribution is -0.140. The van der Waals surface area contributed by atoms with Crippen molar-refractivity contribution in [2.24, 2.45) is 22.7 Å². The first-order valence-electron chi connectivity index (χ1n) is 9.95. The predicted octanol–water partition coefficient (Wildman–Crippen LogP) is 4.70. The Labute approximate surface area is 161 Å². The van der Waals surface area contributed by atoms with Crippen LogP contribution >= 0.6 is 0 Å². The number of carbonyl (C=O) groups excluding carboxylic acids is 3.